The SMILES string of the molecule is O=C(Nc1ccc(Cl)c(-c2nc3ccccc3[nH]2)c1)c1ccc(N2CCS2(=O)=O)cc1. The van der Waals surface area contributed by atoms with Crippen molar-refractivity contribution in [2.75, 3.05) is 21.9 Å². The number of hydrogen-bond donors (Lipinski definition) is 2. The van der Waals surface area contributed by atoms with Crippen molar-refractivity contribution in [1.82, 2.24) is 9.97 Å². The number of halogens is 1. The third-order valence-electron chi connectivity index (χ3n) is 5.17. The number of amides is 1. The predicted octanol–water partition coefficient (Wildman–Crippen LogP) is 4.29. The van der Waals surface area contributed by atoms with E-state index in [-0.39, 0.29) is 11.7 Å². The van der Waals surface area contributed by atoms with E-state index in [2.05, 4.69) is 15.3 Å². The molecule has 2 N–H and O–H groups in total. The summed E-state index contributed by atoms with van der Waals surface area (Å²) >= 11 is 6.37. The van der Waals surface area contributed by atoms with Gasteiger partial charge in [0.25, 0.3) is 5.91 Å². The normalized spacial score (nSPS) is 14.9. The number of para-hydroxylation sites is 2. The summed E-state index contributed by atoms with van der Waals surface area (Å²) in [7, 11) is -3.19. The minimum atomic E-state index is -3.19. The van der Waals surface area contributed by atoms with E-state index in [4.69, 9.17) is 11.6 Å². The van der Waals surface area contributed by atoms with Crippen LogP contribution in [-0.2, 0) is 10.0 Å². The Morgan fingerprint density at radius 2 is 1.84 bits per heavy atom. The Labute approximate surface area is 183 Å². The largest absolute Gasteiger partial charge is 0.338 e. The molecular weight excluding hydrogens is 436 g/mol. The van der Waals surface area contributed by atoms with Gasteiger partial charge in [-0.05, 0) is 54.6 Å². The Morgan fingerprint density at radius 1 is 1.06 bits per heavy atom. The predicted molar refractivity (Wildman–Crippen MR) is 122 cm³/mol. The highest BCUT2D eigenvalue weighted by atomic mass is 35.5. The fourth-order valence-electron chi connectivity index (χ4n) is 3.47. The fraction of sp³-hybridized carbons (Fsp3) is 0.0909. The molecule has 1 fully saturated rings. The van der Waals surface area contributed by atoms with Crippen LogP contribution in [-0.4, -0.2) is 36.6 Å². The molecule has 156 valence electrons. The van der Waals surface area contributed by atoms with Gasteiger partial charge < -0.3 is 10.3 Å². The second kappa shape index (κ2) is 7.40. The average molecular weight is 453 g/mol. The first kappa shape index (κ1) is 19.6. The smallest absolute Gasteiger partial charge is 0.255 e. The second-order valence-electron chi connectivity index (χ2n) is 7.19. The zero-order valence-electron chi connectivity index (χ0n) is 16.2. The van der Waals surface area contributed by atoms with Crippen molar-refractivity contribution in [2.45, 2.75) is 0 Å². The van der Waals surface area contributed by atoms with Crippen LogP contribution >= 0.6 is 11.6 Å². The summed E-state index contributed by atoms with van der Waals surface area (Å²) in [4.78, 5) is 20.5. The molecule has 0 unspecified atom stereocenters. The highest BCUT2D eigenvalue weighted by molar-refractivity contribution is 7.94. The first-order valence-electron chi connectivity index (χ1n) is 9.57. The van der Waals surface area contributed by atoms with Crippen LogP contribution in [0.25, 0.3) is 22.4 Å². The number of anilines is 2. The molecule has 1 aliphatic heterocycles. The van der Waals surface area contributed by atoms with E-state index in [0.29, 0.717) is 39.9 Å². The topological polar surface area (TPSA) is 95.2 Å². The average Bonchev–Trinajstić information content (AvgIpc) is 3.19. The number of sulfonamides is 1. The first-order valence-corrected chi connectivity index (χ1v) is 11.6. The summed E-state index contributed by atoms with van der Waals surface area (Å²) in [5.41, 5.74) is 3.94. The Bertz CT molecular complexity index is 1380. The van der Waals surface area contributed by atoms with Crippen molar-refractivity contribution in [3.8, 4) is 11.4 Å². The molecule has 4 aromatic rings. The van der Waals surface area contributed by atoms with Gasteiger partial charge in [0, 0.05) is 23.4 Å². The lowest BCUT2D eigenvalue weighted by molar-refractivity contribution is 0.102. The molecule has 1 amide bonds. The first-order chi connectivity index (χ1) is 14.9. The third kappa shape index (κ3) is 3.64. The highest BCUT2D eigenvalue weighted by Gasteiger charge is 2.32. The summed E-state index contributed by atoms with van der Waals surface area (Å²) < 4.78 is 24.8. The fourth-order valence-corrected chi connectivity index (χ4v) is 4.78. The highest BCUT2D eigenvalue weighted by Crippen LogP contribution is 2.30. The quantitative estimate of drug-likeness (QED) is 0.483. The maximum atomic E-state index is 12.7. The molecule has 1 aliphatic rings. The van der Waals surface area contributed by atoms with Gasteiger partial charge in [0.1, 0.15) is 5.82 Å². The Morgan fingerprint density at radius 3 is 2.52 bits per heavy atom. The Hall–Kier alpha value is -3.36. The molecule has 0 aliphatic carbocycles. The summed E-state index contributed by atoms with van der Waals surface area (Å²) in [6.45, 7) is 0.462. The third-order valence-corrected chi connectivity index (χ3v) is 7.27. The van der Waals surface area contributed by atoms with Crippen LogP contribution in [0.1, 0.15) is 10.4 Å². The van der Waals surface area contributed by atoms with Crippen LogP contribution in [0.3, 0.4) is 0 Å². The molecule has 3 aromatic carbocycles. The van der Waals surface area contributed by atoms with E-state index in [1.54, 1.807) is 42.5 Å². The molecule has 0 saturated carbocycles. The number of nitrogens with zero attached hydrogens (tertiary/aromatic N) is 2. The number of carbonyl (C=O) groups excluding carboxylic acids is 1. The second-order valence-corrected chi connectivity index (χ2v) is 9.61. The van der Waals surface area contributed by atoms with Gasteiger partial charge in [0.15, 0.2) is 0 Å². The summed E-state index contributed by atoms with van der Waals surface area (Å²) in [5.74, 6) is 0.456. The number of carbonyl (C=O) groups is 1. The van der Waals surface area contributed by atoms with Crippen molar-refractivity contribution >= 4 is 49.9 Å². The van der Waals surface area contributed by atoms with Crippen molar-refractivity contribution in [3.63, 3.8) is 0 Å². The maximum Gasteiger partial charge on any atom is 0.255 e. The van der Waals surface area contributed by atoms with Crippen molar-refractivity contribution in [3.05, 3.63) is 77.3 Å². The molecule has 2 heterocycles. The molecule has 31 heavy (non-hydrogen) atoms. The van der Waals surface area contributed by atoms with Crippen molar-refractivity contribution in [1.29, 1.82) is 0 Å². The van der Waals surface area contributed by atoms with Crippen molar-refractivity contribution < 1.29 is 13.2 Å². The van der Waals surface area contributed by atoms with E-state index in [1.807, 2.05) is 24.3 Å². The summed E-state index contributed by atoms with van der Waals surface area (Å²) in [6, 6.07) is 19.3. The minimum Gasteiger partial charge on any atom is -0.338 e. The molecule has 5 rings (SSSR count). The standard InChI is InChI=1S/C22H17ClN4O3S/c23-18-10-7-15(13-17(18)21-25-19-3-1-2-4-20(19)26-21)24-22(28)14-5-8-16(9-6-14)27-11-12-31(27,29)30/h1-10,13H,11-12H2,(H,24,28)(H,25,26). The van der Waals surface area contributed by atoms with E-state index in [9.17, 15) is 13.2 Å². The molecule has 7 nitrogen and oxygen atoms in total. The number of fused-ring (bicyclic) bond motifs is 1. The molecule has 0 atom stereocenters. The molecule has 1 saturated heterocycles. The van der Waals surface area contributed by atoms with Gasteiger partial charge in [-0.25, -0.2) is 13.4 Å². The number of benzene rings is 3. The molecule has 0 radical (unpaired) electrons. The molecule has 0 bridgehead atoms. The van der Waals surface area contributed by atoms with Gasteiger partial charge in [-0.3, -0.25) is 9.10 Å². The number of aromatic nitrogens is 2. The monoisotopic (exact) mass is 452 g/mol. The zero-order valence-corrected chi connectivity index (χ0v) is 17.7. The Kier molecular flexibility index (Phi) is 4.68. The Balaban J connectivity index is 1.37. The number of nitrogens with one attached hydrogen (secondary N) is 2. The van der Waals surface area contributed by atoms with Gasteiger partial charge in [-0.2, -0.15) is 0 Å². The van der Waals surface area contributed by atoms with E-state index in [1.165, 1.54) is 4.31 Å². The van der Waals surface area contributed by atoms with Gasteiger partial charge in [-0.15, -0.1) is 0 Å². The van der Waals surface area contributed by atoms with Crippen LogP contribution in [0, 0.1) is 0 Å². The summed E-state index contributed by atoms with van der Waals surface area (Å²) in [6.07, 6.45) is 0. The van der Waals surface area contributed by atoms with Crippen LogP contribution in [0.2, 0.25) is 5.02 Å². The lowest BCUT2D eigenvalue weighted by Crippen LogP contribution is -2.47. The molecule has 0 spiro atoms. The number of H-pyrrole nitrogens is 1. The maximum absolute atomic E-state index is 12.7. The molecule has 1 aromatic heterocycles. The number of rotatable bonds is 4. The van der Waals surface area contributed by atoms with Gasteiger partial charge >= 0.3 is 0 Å². The molecule has 9 heteroatoms. The lowest BCUT2D eigenvalue weighted by atomic mass is 10.1. The van der Waals surface area contributed by atoms with Gasteiger partial charge in [0.2, 0.25) is 10.0 Å². The minimum absolute atomic E-state index is 0.152. The van der Waals surface area contributed by atoms with Crippen LogP contribution in [0.4, 0.5) is 11.4 Å². The lowest BCUT2D eigenvalue weighted by Gasteiger charge is -2.32. The number of aromatic amines is 1. The van der Waals surface area contributed by atoms with E-state index in [0.717, 1.165) is 11.0 Å². The van der Waals surface area contributed by atoms with E-state index < -0.39 is 10.0 Å². The number of imidazole rings is 1. The molecular formula is C22H17ClN4O3S. The van der Waals surface area contributed by atoms with Crippen molar-refractivity contribution in [2.24, 2.45) is 0 Å². The van der Waals surface area contributed by atoms with Gasteiger partial charge in [0.05, 0.1) is 27.5 Å². The van der Waals surface area contributed by atoms with Crippen LogP contribution in [0.5, 0.6) is 0 Å². The number of hydrogen-bond acceptors (Lipinski definition) is 4. The summed E-state index contributed by atoms with van der Waals surface area (Å²) in [5, 5.41) is 3.36. The van der Waals surface area contributed by atoms with Crippen LogP contribution < -0.4 is 9.62 Å². The van der Waals surface area contributed by atoms with Crippen LogP contribution in [0.15, 0.2) is 66.7 Å². The van der Waals surface area contributed by atoms with Gasteiger partial charge in [-0.1, -0.05) is 23.7 Å². The van der Waals surface area contributed by atoms with E-state index >= 15 is 0 Å². The zero-order chi connectivity index (χ0) is 21.6.